The van der Waals surface area contributed by atoms with E-state index >= 15 is 0 Å². The fraction of sp³-hybridized carbons (Fsp3) is 0.429. The Kier molecular flexibility index (Phi) is 3.52. The minimum absolute atomic E-state index is 0.0483. The van der Waals surface area contributed by atoms with Crippen LogP contribution in [0.15, 0.2) is 22.7 Å². The number of aromatic nitrogens is 2. The number of nitrogen functional groups attached to an aromatic ring is 1. The number of likely N-dealkylation sites (N-methyl/N-ethyl adjacent to an activating group) is 2. The summed E-state index contributed by atoms with van der Waals surface area (Å²) in [5.74, 6) is 1.14. The molecule has 0 spiro atoms. The fourth-order valence-corrected chi connectivity index (χ4v) is 2.46. The van der Waals surface area contributed by atoms with Crippen LogP contribution in [0.2, 0.25) is 0 Å². The lowest BCUT2D eigenvalue weighted by atomic mass is 10.1. The molecule has 2 aromatic rings. The first-order chi connectivity index (χ1) is 10.0. The first-order valence-corrected chi connectivity index (χ1v) is 6.86. The van der Waals surface area contributed by atoms with Crippen LogP contribution in [0.25, 0.3) is 11.5 Å². The van der Waals surface area contributed by atoms with Crippen LogP contribution < -0.4 is 5.73 Å². The van der Waals surface area contributed by atoms with Crippen molar-refractivity contribution in [3.8, 4) is 17.2 Å². The summed E-state index contributed by atoms with van der Waals surface area (Å²) >= 11 is 0. The van der Waals surface area contributed by atoms with Gasteiger partial charge in [-0.3, -0.25) is 4.90 Å². The molecule has 7 nitrogen and oxygen atoms in total. The van der Waals surface area contributed by atoms with Gasteiger partial charge >= 0.3 is 0 Å². The van der Waals surface area contributed by atoms with Gasteiger partial charge in [0.25, 0.3) is 5.89 Å². The van der Waals surface area contributed by atoms with Crippen LogP contribution in [0.1, 0.15) is 11.9 Å². The first kappa shape index (κ1) is 13.8. The number of phenolic OH excluding ortho intramolecular Hbond substituents is 1. The van der Waals surface area contributed by atoms with Gasteiger partial charge in [-0.25, -0.2) is 0 Å². The number of hydrogen-bond donors (Lipinski definition) is 2. The quantitative estimate of drug-likeness (QED) is 0.628. The van der Waals surface area contributed by atoms with Crippen molar-refractivity contribution < 1.29 is 9.63 Å². The molecule has 3 N–H and O–H groups in total. The van der Waals surface area contributed by atoms with Crippen molar-refractivity contribution in [3.63, 3.8) is 0 Å². The normalized spacial score (nSPS) is 20.8. The van der Waals surface area contributed by atoms with Crippen LogP contribution in [-0.2, 0) is 0 Å². The molecule has 1 unspecified atom stereocenters. The molecule has 1 aliphatic rings. The van der Waals surface area contributed by atoms with E-state index in [4.69, 9.17) is 10.3 Å². The van der Waals surface area contributed by atoms with Gasteiger partial charge < -0.3 is 20.3 Å². The Hall–Kier alpha value is -2.12. The van der Waals surface area contributed by atoms with E-state index in [1.807, 2.05) is 0 Å². The molecule has 0 radical (unpaired) electrons. The molecule has 0 aliphatic carbocycles. The Bertz CT molecular complexity index is 642. The Balaban J connectivity index is 1.87. The molecular formula is C14H19N5O2. The van der Waals surface area contributed by atoms with Crippen LogP contribution in [-0.4, -0.2) is 58.8 Å². The fourth-order valence-electron chi connectivity index (χ4n) is 2.46. The molecule has 1 fully saturated rings. The van der Waals surface area contributed by atoms with Gasteiger partial charge in [0.1, 0.15) is 5.75 Å². The number of anilines is 1. The van der Waals surface area contributed by atoms with Gasteiger partial charge in [-0.2, -0.15) is 4.98 Å². The van der Waals surface area contributed by atoms with Crippen molar-refractivity contribution in [2.45, 2.75) is 6.04 Å². The number of phenols is 1. The highest BCUT2D eigenvalue weighted by molar-refractivity contribution is 5.64. The monoisotopic (exact) mass is 289 g/mol. The molecule has 3 rings (SSSR count). The zero-order valence-electron chi connectivity index (χ0n) is 12.2. The van der Waals surface area contributed by atoms with Gasteiger partial charge in [-0.1, -0.05) is 5.16 Å². The van der Waals surface area contributed by atoms with Crippen molar-refractivity contribution >= 4 is 5.69 Å². The van der Waals surface area contributed by atoms with E-state index in [2.05, 4.69) is 34.0 Å². The van der Waals surface area contributed by atoms with Gasteiger partial charge in [0.2, 0.25) is 0 Å². The topological polar surface area (TPSA) is 91.7 Å². The highest BCUT2D eigenvalue weighted by Crippen LogP contribution is 2.28. The summed E-state index contributed by atoms with van der Waals surface area (Å²) in [6, 6.07) is 4.98. The highest BCUT2D eigenvalue weighted by Gasteiger charge is 2.28. The van der Waals surface area contributed by atoms with Crippen LogP contribution in [0.3, 0.4) is 0 Å². The van der Waals surface area contributed by atoms with E-state index in [0.717, 1.165) is 19.6 Å². The second kappa shape index (κ2) is 5.34. The molecule has 0 bridgehead atoms. The predicted molar refractivity (Wildman–Crippen MR) is 78.7 cm³/mol. The number of nitrogens with two attached hydrogens (primary N) is 1. The van der Waals surface area contributed by atoms with Gasteiger partial charge in [0, 0.05) is 25.2 Å². The van der Waals surface area contributed by atoms with Gasteiger partial charge in [-0.05, 0) is 32.3 Å². The number of piperazine rings is 1. The molecule has 1 atom stereocenters. The number of benzene rings is 1. The first-order valence-electron chi connectivity index (χ1n) is 6.86. The molecule has 2 heterocycles. The Labute approximate surface area is 123 Å². The zero-order valence-corrected chi connectivity index (χ0v) is 12.2. The maximum atomic E-state index is 9.46. The minimum Gasteiger partial charge on any atom is -0.506 e. The maximum Gasteiger partial charge on any atom is 0.258 e. The van der Waals surface area contributed by atoms with E-state index in [9.17, 15) is 5.11 Å². The van der Waals surface area contributed by atoms with Crippen molar-refractivity contribution in [2.24, 2.45) is 0 Å². The smallest absolute Gasteiger partial charge is 0.258 e. The molecule has 1 saturated heterocycles. The van der Waals surface area contributed by atoms with Crippen molar-refractivity contribution in [3.05, 3.63) is 24.0 Å². The standard InChI is InChI=1S/C14H19N5O2/c1-18-5-6-19(2)11(8-18)13-16-14(21-17-13)9-3-4-12(20)10(15)7-9/h3-4,7,11,20H,5-6,8,15H2,1-2H3. The average molecular weight is 289 g/mol. The minimum atomic E-state index is 0.0483. The summed E-state index contributed by atoms with van der Waals surface area (Å²) in [5.41, 5.74) is 6.69. The van der Waals surface area contributed by atoms with Gasteiger partial charge in [0.05, 0.1) is 11.7 Å². The number of aromatic hydroxyl groups is 1. The summed E-state index contributed by atoms with van der Waals surface area (Å²) < 4.78 is 5.34. The highest BCUT2D eigenvalue weighted by atomic mass is 16.5. The van der Waals surface area contributed by atoms with Gasteiger partial charge in [-0.15, -0.1) is 0 Å². The predicted octanol–water partition coefficient (Wildman–Crippen LogP) is 0.943. The summed E-state index contributed by atoms with van der Waals surface area (Å²) in [4.78, 5) is 8.95. The van der Waals surface area contributed by atoms with Crippen LogP contribution >= 0.6 is 0 Å². The second-order valence-corrected chi connectivity index (χ2v) is 5.49. The van der Waals surface area contributed by atoms with E-state index in [1.165, 1.54) is 6.07 Å². The van der Waals surface area contributed by atoms with E-state index in [1.54, 1.807) is 12.1 Å². The number of hydrogen-bond acceptors (Lipinski definition) is 7. The van der Waals surface area contributed by atoms with Crippen molar-refractivity contribution in [1.29, 1.82) is 0 Å². The lowest BCUT2D eigenvalue weighted by molar-refractivity contribution is 0.108. The van der Waals surface area contributed by atoms with Crippen molar-refractivity contribution in [2.75, 3.05) is 39.5 Å². The SMILES string of the molecule is CN1CCN(C)C(c2noc(-c3ccc(O)c(N)c3)n2)C1. The molecule has 0 amide bonds. The third-order valence-corrected chi connectivity index (χ3v) is 3.87. The second-order valence-electron chi connectivity index (χ2n) is 5.49. The van der Waals surface area contributed by atoms with E-state index < -0.39 is 0 Å². The molecular weight excluding hydrogens is 270 g/mol. The van der Waals surface area contributed by atoms with Crippen LogP contribution in [0, 0.1) is 0 Å². The Morgan fingerprint density at radius 3 is 2.90 bits per heavy atom. The Morgan fingerprint density at radius 2 is 2.14 bits per heavy atom. The Morgan fingerprint density at radius 1 is 1.33 bits per heavy atom. The van der Waals surface area contributed by atoms with Gasteiger partial charge in [0.15, 0.2) is 5.82 Å². The lowest BCUT2D eigenvalue weighted by Gasteiger charge is -2.35. The number of rotatable bonds is 2. The van der Waals surface area contributed by atoms with E-state index in [-0.39, 0.29) is 11.8 Å². The summed E-state index contributed by atoms with van der Waals surface area (Å²) in [7, 11) is 4.15. The molecule has 1 aromatic heterocycles. The maximum absolute atomic E-state index is 9.46. The zero-order chi connectivity index (χ0) is 15.0. The largest absolute Gasteiger partial charge is 0.506 e. The summed E-state index contributed by atoms with van der Waals surface area (Å²) in [6.45, 7) is 2.87. The molecule has 7 heteroatoms. The molecule has 1 aliphatic heterocycles. The third kappa shape index (κ3) is 2.70. The van der Waals surface area contributed by atoms with Crippen LogP contribution in [0.4, 0.5) is 5.69 Å². The average Bonchev–Trinajstić information content (AvgIpc) is 2.94. The van der Waals surface area contributed by atoms with E-state index in [0.29, 0.717) is 23.0 Å². The molecule has 0 saturated carbocycles. The molecule has 1 aromatic carbocycles. The summed E-state index contributed by atoms with van der Waals surface area (Å²) in [5, 5.41) is 13.6. The lowest BCUT2D eigenvalue weighted by Crippen LogP contribution is -2.45. The number of nitrogens with zero attached hydrogens (tertiary/aromatic N) is 4. The summed E-state index contributed by atoms with van der Waals surface area (Å²) in [6.07, 6.45) is 0. The third-order valence-electron chi connectivity index (χ3n) is 3.87. The van der Waals surface area contributed by atoms with Crippen molar-refractivity contribution in [1.82, 2.24) is 19.9 Å². The van der Waals surface area contributed by atoms with Crippen LogP contribution in [0.5, 0.6) is 5.75 Å². The molecule has 112 valence electrons. The molecule has 21 heavy (non-hydrogen) atoms.